The summed E-state index contributed by atoms with van der Waals surface area (Å²) in [5.41, 5.74) is 1.48. The predicted octanol–water partition coefficient (Wildman–Crippen LogP) is 2.52. The Morgan fingerprint density at radius 2 is 1.78 bits per heavy atom. The van der Waals surface area contributed by atoms with E-state index >= 15 is 0 Å². The van der Waals surface area contributed by atoms with Crippen molar-refractivity contribution in [1.29, 1.82) is 0 Å². The second kappa shape index (κ2) is 8.35. The minimum atomic E-state index is -0.546. The second-order valence-corrected chi connectivity index (χ2v) is 5.80. The maximum atomic E-state index is 12.2. The normalized spacial score (nSPS) is 10.6. The summed E-state index contributed by atoms with van der Waals surface area (Å²) in [6, 6.07) is 13.7. The summed E-state index contributed by atoms with van der Waals surface area (Å²) in [7, 11) is 0. The van der Waals surface area contributed by atoms with E-state index in [1.807, 2.05) is 26.0 Å². The number of aromatic nitrogens is 2. The van der Waals surface area contributed by atoms with Crippen LogP contribution in [-0.2, 0) is 16.1 Å². The standard InChI is InChI=1S/C20H20N2O5/c1-3-25-16-7-9-17(10-8-16)26-13-20(24)27-12-15-11-19(23)22-14(2)5-4-6-18(22)21-15/h4-11H,3,12-13H2,1-2H3. The van der Waals surface area contributed by atoms with Crippen molar-refractivity contribution in [3.05, 3.63) is 70.3 Å². The molecule has 0 aliphatic carbocycles. The Balaban J connectivity index is 1.56. The lowest BCUT2D eigenvalue weighted by atomic mass is 10.3. The van der Waals surface area contributed by atoms with Crippen molar-refractivity contribution in [3.8, 4) is 11.5 Å². The van der Waals surface area contributed by atoms with Gasteiger partial charge in [0.1, 0.15) is 23.8 Å². The van der Waals surface area contributed by atoms with Crippen molar-refractivity contribution >= 4 is 11.6 Å². The Kier molecular flexibility index (Phi) is 5.71. The van der Waals surface area contributed by atoms with E-state index in [0.717, 1.165) is 11.4 Å². The van der Waals surface area contributed by atoms with E-state index in [2.05, 4.69) is 4.98 Å². The van der Waals surface area contributed by atoms with Gasteiger partial charge in [-0.05, 0) is 50.2 Å². The van der Waals surface area contributed by atoms with E-state index < -0.39 is 5.97 Å². The highest BCUT2D eigenvalue weighted by Crippen LogP contribution is 2.17. The molecule has 0 bridgehead atoms. The molecule has 140 valence electrons. The van der Waals surface area contributed by atoms with Gasteiger partial charge >= 0.3 is 5.97 Å². The minimum absolute atomic E-state index is 0.0921. The van der Waals surface area contributed by atoms with Gasteiger partial charge in [0.05, 0.1) is 12.3 Å². The largest absolute Gasteiger partial charge is 0.494 e. The van der Waals surface area contributed by atoms with Crippen molar-refractivity contribution in [2.45, 2.75) is 20.5 Å². The van der Waals surface area contributed by atoms with Crippen LogP contribution in [0, 0.1) is 6.92 Å². The number of ether oxygens (including phenoxy) is 3. The Morgan fingerprint density at radius 1 is 1.07 bits per heavy atom. The van der Waals surface area contributed by atoms with Crippen LogP contribution >= 0.6 is 0 Å². The summed E-state index contributed by atoms with van der Waals surface area (Å²) >= 11 is 0. The molecule has 0 aliphatic heterocycles. The van der Waals surface area contributed by atoms with E-state index in [0.29, 0.717) is 23.7 Å². The molecule has 0 N–H and O–H groups in total. The fraction of sp³-hybridized carbons (Fsp3) is 0.250. The molecule has 0 unspecified atom stereocenters. The van der Waals surface area contributed by atoms with Crippen LogP contribution < -0.4 is 15.0 Å². The lowest BCUT2D eigenvalue weighted by molar-refractivity contribution is -0.147. The van der Waals surface area contributed by atoms with E-state index in [1.54, 1.807) is 30.3 Å². The number of aryl methyl sites for hydroxylation is 1. The molecular weight excluding hydrogens is 348 g/mol. The Labute approximate surface area is 156 Å². The summed E-state index contributed by atoms with van der Waals surface area (Å²) in [4.78, 5) is 28.4. The van der Waals surface area contributed by atoms with E-state index in [9.17, 15) is 9.59 Å². The van der Waals surface area contributed by atoms with Gasteiger partial charge in [-0.1, -0.05) is 6.07 Å². The molecule has 0 saturated heterocycles. The summed E-state index contributed by atoms with van der Waals surface area (Å²) in [5, 5.41) is 0. The van der Waals surface area contributed by atoms with Crippen molar-refractivity contribution < 1.29 is 19.0 Å². The molecule has 7 nitrogen and oxygen atoms in total. The van der Waals surface area contributed by atoms with Crippen molar-refractivity contribution in [2.24, 2.45) is 0 Å². The zero-order valence-corrected chi connectivity index (χ0v) is 15.2. The average molecular weight is 368 g/mol. The van der Waals surface area contributed by atoms with Gasteiger partial charge in [-0.3, -0.25) is 9.20 Å². The number of rotatable bonds is 7. The van der Waals surface area contributed by atoms with Crippen LogP contribution in [0.5, 0.6) is 11.5 Å². The zero-order valence-electron chi connectivity index (χ0n) is 15.2. The highest BCUT2D eigenvalue weighted by Gasteiger charge is 2.08. The molecule has 0 radical (unpaired) electrons. The molecule has 3 rings (SSSR count). The van der Waals surface area contributed by atoms with Crippen molar-refractivity contribution in [3.63, 3.8) is 0 Å². The second-order valence-electron chi connectivity index (χ2n) is 5.80. The Morgan fingerprint density at radius 3 is 2.48 bits per heavy atom. The maximum Gasteiger partial charge on any atom is 0.344 e. The Bertz CT molecular complexity index is 995. The van der Waals surface area contributed by atoms with Crippen LogP contribution in [0.1, 0.15) is 18.3 Å². The van der Waals surface area contributed by atoms with Gasteiger partial charge in [-0.2, -0.15) is 0 Å². The third kappa shape index (κ3) is 4.63. The molecule has 2 aromatic heterocycles. The quantitative estimate of drug-likeness (QED) is 0.596. The van der Waals surface area contributed by atoms with E-state index in [1.165, 1.54) is 10.5 Å². The van der Waals surface area contributed by atoms with Gasteiger partial charge in [0, 0.05) is 11.8 Å². The molecule has 0 spiro atoms. The lowest BCUT2D eigenvalue weighted by Gasteiger charge is -2.09. The molecule has 1 aromatic carbocycles. The van der Waals surface area contributed by atoms with Gasteiger partial charge in [0.15, 0.2) is 6.61 Å². The molecule has 0 aliphatic rings. The fourth-order valence-corrected chi connectivity index (χ4v) is 2.57. The van der Waals surface area contributed by atoms with Crippen LogP contribution in [0.15, 0.2) is 53.3 Å². The van der Waals surface area contributed by atoms with Crippen LogP contribution in [0.25, 0.3) is 5.65 Å². The van der Waals surface area contributed by atoms with E-state index in [-0.39, 0.29) is 18.8 Å². The Hall–Kier alpha value is -3.35. The summed E-state index contributed by atoms with van der Waals surface area (Å²) < 4.78 is 17.4. The predicted molar refractivity (Wildman–Crippen MR) is 99.1 cm³/mol. The number of carbonyl (C=O) groups is 1. The number of benzene rings is 1. The topological polar surface area (TPSA) is 79.1 Å². The first-order chi connectivity index (χ1) is 13.1. The van der Waals surface area contributed by atoms with Crippen LogP contribution in [0.2, 0.25) is 0 Å². The molecule has 0 saturated carbocycles. The van der Waals surface area contributed by atoms with Crippen molar-refractivity contribution in [2.75, 3.05) is 13.2 Å². The van der Waals surface area contributed by atoms with Crippen LogP contribution in [0.4, 0.5) is 0 Å². The van der Waals surface area contributed by atoms with Gasteiger partial charge in [-0.25, -0.2) is 9.78 Å². The number of pyridine rings is 1. The SMILES string of the molecule is CCOc1ccc(OCC(=O)OCc2cc(=O)n3c(C)cccc3n2)cc1. The molecular formula is C20H20N2O5. The van der Waals surface area contributed by atoms with E-state index in [4.69, 9.17) is 14.2 Å². The van der Waals surface area contributed by atoms with Crippen molar-refractivity contribution in [1.82, 2.24) is 9.38 Å². The molecule has 2 heterocycles. The highest BCUT2D eigenvalue weighted by atomic mass is 16.6. The smallest absolute Gasteiger partial charge is 0.344 e. The maximum absolute atomic E-state index is 12.2. The minimum Gasteiger partial charge on any atom is -0.494 e. The third-order valence-corrected chi connectivity index (χ3v) is 3.81. The first-order valence-corrected chi connectivity index (χ1v) is 8.56. The van der Waals surface area contributed by atoms with Gasteiger partial charge in [-0.15, -0.1) is 0 Å². The van der Waals surface area contributed by atoms with Gasteiger partial charge in [0.25, 0.3) is 5.56 Å². The molecule has 3 aromatic rings. The average Bonchev–Trinajstić information content (AvgIpc) is 2.66. The zero-order chi connectivity index (χ0) is 19.2. The molecule has 7 heteroatoms. The summed E-state index contributed by atoms with van der Waals surface area (Å²) in [6.07, 6.45) is 0. The first kappa shape index (κ1) is 18.4. The molecule has 0 fully saturated rings. The molecule has 0 amide bonds. The number of fused-ring (bicyclic) bond motifs is 1. The number of hydrogen-bond acceptors (Lipinski definition) is 6. The summed E-state index contributed by atoms with van der Waals surface area (Å²) in [6.45, 7) is 3.98. The molecule has 27 heavy (non-hydrogen) atoms. The number of nitrogens with zero attached hydrogens (tertiary/aromatic N) is 2. The molecule has 0 atom stereocenters. The summed E-state index contributed by atoms with van der Waals surface area (Å²) in [5.74, 6) is 0.722. The van der Waals surface area contributed by atoms with Gasteiger partial charge < -0.3 is 14.2 Å². The lowest BCUT2D eigenvalue weighted by Crippen LogP contribution is -2.19. The third-order valence-electron chi connectivity index (χ3n) is 3.81. The van der Waals surface area contributed by atoms with Crippen LogP contribution in [0.3, 0.4) is 0 Å². The monoisotopic (exact) mass is 368 g/mol. The number of esters is 1. The fourth-order valence-electron chi connectivity index (χ4n) is 2.57. The number of hydrogen-bond donors (Lipinski definition) is 0. The van der Waals surface area contributed by atoms with Crippen LogP contribution in [-0.4, -0.2) is 28.6 Å². The number of carbonyl (C=O) groups excluding carboxylic acids is 1. The first-order valence-electron chi connectivity index (χ1n) is 8.56. The van der Waals surface area contributed by atoms with Gasteiger partial charge in [0.2, 0.25) is 0 Å². The highest BCUT2D eigenvalue weighted by molar-refractivity contribution is 5.71.